The third kappa shape index (κ3) is 4.94. The van der Waals surface area contributed by atoms with Crippen LogP contribution in [0.4, 0.5) is 13.2 Å². The lowest BCUT2D eigenvalue weighted by molar-refractivity contribution is -0.187. The molecule has 0 radical (unpaired) electrons. The molecule has 0 aromatic carbocycles. The van der Waals surface area contributed by atoms with Gasteiger partial charge in [-0.15, -0.1) is 0 Å². The van der Waals surface area contributed by atoms with E-state index in [1.54, 1.807) is 0 Å². The summed E-state index contributed by atoms with van der Waals surface area (Å²) in [5.74, 6) is -2.12. The minimum absolute atomic E-state index is 0.101. The standard InChI is InChI=1S/C13H23F3N2O2/c1-20-8-7-18(6-5-17)12(19)10-3-2-4-11(9-10)13(14,15)16/h10-11H,2-9,17H2,1H3. The highest BCUT2D eigenvalue weighted by atomic mass is 19.4. The number of nitrogens with two attached hydrogens (primary N) is 1. The maximum absolute atomic E-state index is 12.8. The number of nitrogens with zero attached hydrogens (tertiary/aromatic N) is 1. The average molecular weight is 296 g/mol. The Labute approximate surface area is 117 Å². The van der Waals surface area contributed by atoms with Crippen molar-refractivity contribution >= 4 is 5.91 Å². The molecule has 0 aromatic rings. The molecule has 2 atom stereocenters. The Hall–Kier alpha value is -0.820. The zero-order valence-electron chi connectivity index (χ0n) is 11.8. The molecular formula is C13H23F3N2O2. The molecule has 0 saturated heterocycles. The number of methoxy groups -OCH3 is 1. The van der Waals surface area contributed by atoms with E-state index in [1.165, 1.54) is 12.0 Å². The SMILES string of the molecule is COCCN(CCN)C(=O)C1CCCC(C(F)(F)F)C1. The molecular weight excluding hydrogens is 273 g/mol. The van der Waals surface area contributed by atoms with Crippen LogP contribution < -0.4 is 5.73 Å². The first-order valence-corrected chi connectivity index (χ1v) is 6.94. The minimum atomic E-state index is -4.20. The smallest absolute Gasteiger partial charge is 0.383 e. The third-order valence-corrected chi connectivity index (χ3v) is 3.76. The van der Waals surface area contributed by atoms with Crippen molar-refractivity contribution in [2.45, 2.75) is 31.9 Å². The Balaban J connectivity index is 2.63. The molecule has 1 aliphatic rings. The maximum Gasteiger partial charge on any atom is 0.391 e. The second kappa shape index (κ2) is 7.83. The number of halogens is 3. The van der Waals surface area contributed by atoms with Crippen LogP contribution in [0.5, 0.6) is 0 Å². The highest BCUT2D eigenvalue weighted by Gasteiger charge is 2.44. The first-order chi connectivity index (χ1) is 9.40. The molecule has 0 heterocycles. The number of hydrogen-bond donors (Lipinski definition) is 1. The van der Waals surface area contributed by atoms with Crippen LogP contribution in [-0.2, 0) is 9.53 Å². The van der Waals surface area contributed by atoms with Crippen molar-refractivity contribution in [2.75, 3.05) is 33.4 Å². The first kappa shape index (κ1) is 17.2. The number of alkyl halides is 3. The first-order valence-electron chi connectivity index (χ1n) is 6.94. The summed E-state index contributed by atoms with van der Waals surface area (Å²) in [6.45, 7) is 1.39. The Morgan fingerprint density at radius 1 is 1.35 bits per heavy atom. The minimum Gasteiger partial charge on any atom is -0.383 e. The molecule has 0 spiro atoms. The van der Waals surface area contributed by atoms with Crippen LogP contribution >= 0.6 is 0 Å². The number of hydrogen-bond acceptors (Lipinski definition) is 3. The highest BCUT2D eigenvalue weighted by molar-refractivity contribution is 5.79. The predicted molar refractivity (Wildman–Crippen MR) is 69.0 cm³/mol. The van der Waals surface area contributed by atoms with E-state index in [0.29, 0.717) is 39.1 Å². The summed E-state index contributed by atoms with van der Waals surface area (Å²) in [5, 5.41) is 0. The van der Waals surface area contributed by atoms with Gasteiger partial charge in [0.1, 0.15) is 0 Å². The summed E-state index contributed by atoms with van der Waals surface area (Å²) in [6.07, 6.45) is -3.20. The van der Waals surface area contributed by atoms with Gasteiger partial charge in [-0.05, 0) is 19.3 Å². The van der Waals surface area contributed by atoms with Gasteiger partial charge in [0.15, 0.2) is 0 Å². The molecule has 1 fully saturated rings. The van der Waals surface area contributed by atoms with Crippen molar-refractivity contribution in [1.82, 2.24) is 4.90 Å². The molecule has 20 heavy (non-hydrogen) atoms. The molecule has 1 rings (SSSR count). The van der Waals surface area contributed by atoms with E-state index in [9.17, 15) is 18.0 Å². The molecule has 1 saturated carbocycles. The van der Waals surface area contributed by atoms with E-state index in [2.05, 4.69) is 0 Å². The van der Waals surface area contributed by atoms with E-state index < -0.39 is 18.0 Å². The molecule has 0 bridgehead atoms. The van der Waals surface area contributed by atoms with Crippen LogP contribution in [0, 0.1) is 11.8 Å². The lowest BCUT2D eigenvalue weighted by Crippen LogP contribution is -2.43. The quantitative estimate of drug-likeness (QED) is 0.813. The van der Waals surface area contributed by atoms with Gasteiger partial charge in [0.2, 0.25) is 5.91 Å². The van der Waals surface area contributed by atoms with Gasteiger partial charge in [-0.1, -0.05) is 6.42 Å². The normalized spacial score (nSPS) is 23.6. The third-order valence-electron chi connectivity index (χ3n) is 3.76. The van der Waals surface area contributed by atoms with Crippen molar-refractivity contribution in [3.8, 4) is 0 Å². The molecule has 0 aliphatic heterocycles. The Morgan fingerprint density at radius 3 is 2.60 bits per heavy atom. The average Bonchev–Trinajstić information content (AvgIpc) is 2.42. The van der Waals surface area contributed by atoms with Crippen molar-refractivity contribution in [2.24, 2.45) is 17.6 Å². The monoisotopic (exact) mass is 296 g/mol. The Morgan fingerprint density at radius 2 is 2.05 bits per heavy atom. The summed E-state index contributed by atoms with van der Waals surface area (Å²) in [7, 11) is 1.52. The van der Waals surface area contributed by atoms with E-state index in [4.69, 9.17) is 10.5 Å². The van der Waals surface area contributed by atoms with Crippen molar-refractivity contribution in [1.29, 1.82) is 0 Å². The van der Waals surface area contributed by atoms with E-state index >= 15 is 0 Å². The van der Waals surface area contributed by atoms with Crippen LogP contribution in [-0.4, -0.2) is 50.3 Å². The van der Waals surface area contributed by atoms with Crippen LogP contribution in [0.1, 0.15) is 25.7 Å². The second-order valence-electron chi connectivity index (χ2n) is 5.21. The van der Waals surface area contributed by atoms with Crippen molar-refractivity contribution in [3.63, 3.8) is 0 Å². The number of amides is 1. The second-order valence-corrected chi connectivity index (χ2v) is 5.21. The van der Waals surface area contributed by atoms with Gasteiger partial charge in [-0.25, -0.2) is 0 Å². The zero-order chi connectivity index (χ0) is 15.2. The van der Waals surface area contributed by atoms with Crippen LogP contribution in [0.3, 0.4) is 0 Å². The lowest BCUT2D eigenvalue weighted by Gasteiger charge is -2.33. The summed E-state index contributed by atoms with van der Waals surface area (Å²) >= 11 is 0. The van der Waals surface area contributed by atoms with E-state index in [1.807, 2.05) is 0 Å². The molecule has 4 nitrogen and oxygen atoms in total. The Kier molecular flexibility index (Phi) is 6.75. The van der Waals surface area contributed by atoms with E-state index in [0.717, 1.165) is 0 Å². The zero-order valence-corrected chi connectivity index (χ0v) is 11.8. The number of carbonyl (C=O) groups excluding carboxylic acids is 1. The molecule has 1 amide bonds. The molecule has 1 aliphatic carbocycles. The van der Waals surface area contributed by atoms with Crippen LogP contribution in [0.15, 0.2) is 0 Å². The summed E-state index contributed by atoms with van der Waals surface area (Å²) in [5.41, 5.74) is 5.45. The predicted octanol–water partition coefficient (Wildman–Crippen LogP) is 1.79. The summed E-state index contributed by atoms with van der Waals surface area (Å²) in [4.78, 5) is 13.8. The van der Waals surface area contributed by atoms with Gasteiger partial charge >= 0.3 is 6.18 Å². The summed E-state index contributed by atoms with van der Waals surface area (Å²) < 4.78 is 43.2. The molecule has 2 N–H and O–H groups in total. The van der Waals surface area contributed by atoms with Crippen molar-refractivity contribution in [3.05, 3.63) is 0 Å². The highest BCUT2D eigenvalue weighted by Crippen LogP contribution is 2.40. The van der Waals surface area contributed by atoms with Crippen LogP contribution in [0.25, 0.3) is 0 Å². The van der Waals surface area contributed by atoms with Gasteiger partial charge in [0.25, 0.3) is 0 Å². The topological polar surface area (TPSA) is 55.6 Å². The molecule has 2 unspecified atom stereocenters. The number of carbonyl (C=O) groups is 1. The van der Waals surface area contributed by atoms with Crippen LogP contribution in [0.2, 0.25) is 0 Å². The van der Waals surface area contributed by atoms with Gasteiger partial charge < -0.3 is 15.4 Å². The Bertz CT molecular complexity index is 310. The number of rotatable bonds is 6. The van der Waals surface area contributed by atoms with Gasteiger partial charge in [-0.2, -0.15) is 13.2 Å². The fourth-order valence-corrected chi connectivity index (χ4v) is 2.66. The fourth-order valence-electron chi connectivity index (χ4n) is 2.66. The molecule has 0 aromatic heterocycles. The van der Waals surface area contributed by atoms with Gasteiger partial charge in [0, 0.05) is 32.7 Å². The van der Waals surface area contributed by atoms with Gasteiger partial charge in [0.05, 0.1) is 12.5 Å². The molecule has 118 valence electrons. The van der Waals surface area contributed by atoms with Gasteiger partial charge in [-0.3, -0.25) is 4.79 Å². The van der Waals surface area contributed by atoms with E-state index in [-0.39, 0.29) is 18.7 Å². The lowest BCUT2D eigenvalue weighted by atomic mass is 9.80. The number of ether oxygens (including phenoxy) is 1. The summed E-state index contributed by atoms with van der Waals surface area (Å²) in [6, 6.07) is 0. The largest absolute Gasteiger partial charge is 0.391 e. The molecule has 7 heteroatoms. The maximum atomic E-state index is 12.8. The van der Waals surface area contributed by atoms with Crippen molar-refractivity contribution < 1.29 is 22.7 Å². The fraction of sp³-hybridized carbons (Fsp3) is 0.923.